The molecular weight excluding hydrogens is 272 g/mol. The predicted molar refractivity (Wildman–Crippen MR) is 90.8 cm³/mol. The van der Waals surface area contributed by atoms with Gasteiger partial charge in [0.1, 0.15) is 0 Å². The van der Waals surface area contributed by atoms with Crippen molar-refractivity contribution in [3.8, 4) is 0 Å². The van der Waals surface area contributed by atoms with E-state index in [0.717, 1.165) is 38.3 Å². The van der Waals surface area contributed by atoms with Crippen LogP contribution in [0.3, 0.4) is 0 Å². The molecule has 2 aromatic rings. The normalized spacial score (nSPS) is 14.4. The fraction of sp³-hybridized carbons (Fsp3) is 0.526. The van der Waals surface area contributed by atoms with Crippen molar-refractivity contribution >= 4 is 16.8 Å². The molecule has 0 unspecified atom stereocenters. The summed E-state index contributed by atoms with van der Waals surface area (Å²) >= 11 is 0. The van der Waals surface area contributed by atoms with Crippen molar-refractivity contribution in [3.63, 3.8) is 0 Å². The lowest BCUT2D eigenvalue weighted by molar-refractivity contribution is -0.131. The molecule has 0 bridgehead atoms. The lowest BCUT2D eigenvalue weighted by atomic mass is 10.1. The number of fused-ring (bicyclic) bond motifs is 1. The van der Waals surface area contributed by atoms with Crippen LogP contribution in [0, 0.1) is 5.92 Å². The Kier molecular flexibility index (Phi) is 4.81. The SMILES string of the molecule is CCCN(CC1CC1)C(=O)CCCc1c[nH]c2ccccc12. The van der Waals surface area contributed by atoms with Crippen LogP contribution < -0.4 is 0 Å². The Morgan fingerprint density at radius 2 is 2.14 bits per heavy atom. The van der Waals surface area contributed by atoms with Gasteiger partial charge < -0.3 is 9.88 Å². The van der Waals surface area contributed by atoms with Crippen LogP contribution in [0.5, 0.6) is 0 Å². The van der Waals surface area contributed by atoms with Crippen molar-refractivity contribution in [3.05, 3.63) is 36.0 Å². The Bertz CT molecular complexity index is 627. The zero-order valence-electron chi connectivity index (χ0n) is 13.5. The van der Waals surface area contributed by atoms with Gasteiger partial charge in [0, 0.05) is 36.6 Å². The van der Waals surface area contributed by atoms with Crippen molar-refractivity contribution in [2.45, 2.75) is 45.4 Å². The summed E-state index contributed by atoms with van der Waals surface area (Å²) in [6.07, 6.45) is 8.34. The van der Waals surface area contributed by atoms with E-state index in [4.69, 9.17) is 0 Å². The monoisotopic (exact) mass is 298 g/mol. The molecule has 3 nitrogen and oxygen atoms in total. The van der Waals surface area contributed by atoms with Crippen LogP contribution in [0.2, 0.25) is 0 Å². The topological polar surface area (TPSA) is 36.1 Å². The van der Waals surface area contributed by atoms with E-state index in [0.29, 0.717) is 12.3 Å². The van der Waals surface area contributed by atoms with Gasteiger partial charge in [-0.15, -0.1) is 0 Å². The molecular formula is C19H26N2O. The second-order valence-electron chi connectivity index (χ2n) is 6.50. The van der Waals surface area contributed by atoms with Gasteiger partial charge in [0.2, 0.25) is 5.91 Å². The van der Waals surface area contributed by atoms with Gasteiger partial charge >= 0.3 is 0 Å². The molecule has 0 aliphatic heterocycles. The molecule has 1 aromatic heterocycles. The van der Waals surface area contributed by atoms with E-state index in [1.807, 2.05) is 6.07 Å². The summed E-state index contributed by atoms with van der Waals surface area (Å²) < 4.78 is 0. The van der Waals surface area contributed by atoms with Gasteiger partial charge in [0.15, 0.2) is 0 Å². The van der Waals surface area contributed by atoms with Gasteiger partial charge in [-0.05, 0) is 49.7 Å². The molecule has 0 atom stereocenters. The number of aryl methyl sites for hydroxylation is 1. The maximum Gasteiger partial charge on any atom is 0.222 e. The van der Waals surface area contributed by atoms with Crippen LogP contribution in [0.4, 0.5) is 0 Å². The zero-order valence-corrected chi connectivity index (χ0v) is 13.5. The lowest BCUT2D eigenvalue weighted by Gasteiger charge is -2.22. The summed E-state index contributed by atoms with van der Waals surface area (Å²) in [6.45, 7) is 4.06. The molecule has 1 aromatic carbocycles. The molecule has 22 heavy (non-hydrogen) atoms. The lowest BCUT2D eigenvalue weighted by Crippen LogP contribution is -2.33. The maximum atomic E-state index is 12.4. The summed E-state index contributed by atoms with van der Waals surface area (Å²) in [5.41, 5.74) is 2.51. The van der Waals surface area contributed by atoms with Crippen LogP contribution in [-0.2, 0) is 11.2 Å². The third-order valence-electron chi connectivity index (χ3n) is 4.53. The molecule has 0 radical (unpaired) electrons. The minimum Gasteiger partial charge on any atom is -0.361 e. The molecule has 3 heteroatoms. The number of amides is 1. The first-order chi connectivity index (χ1) is 10.8. The summed E-state index contributed by atoms with van der Waals surface area (Å²) in [5.74, 6) is 1.12. The first kappa shape index (κ1) is 15.1. The number of H-pyrrole nitrogens is 1. The molecule has 1 heterocycles. The van der Waals surface area contributed by atoms with Crippen molar-refractivity contribution in [2.24, 2.45) is 5.92 Å². The van der Waals surface area contributed by atoms with Gasteiger partial charge in [-0.1, -0.05) is 25.1 Å². The number of carbonyl (C=O) groups excluding carboxylic acids is 1. The number of hydrogen-bond donors (Lipinski definition) is 1. The van der Waals surface area contributed by atoms with E-state index < -0.39 is 0 Å². The summed E-state index contributed by atoms with van der Waals surface area (Å²) in [5, 5.41) is 1.29. The van der Waals surface area contributed by atoms with Crippen LogP contribution in [0.1, 0.15) is 44.6 Å². The van der Waals surface area contributed by atoms with Gasteiger partial charge in [-0.25, -0.2) is 0 Å². The van der Waals surface area contributed by atoms with Crippen LogP contribution >= 0.6 is 0 Å². The van der Waals surface area contributed by atoms with E-state index in [9.17, 15) is 4.79 Å². The van der Waals surface area contributed by atoms with Gasteiger partial charge in [-0.2, -0.15) is 0 Å². The number of rotatable bonds is 8. The van der Waals surface area contributed by atoms with E-state index >= 15 is 0 Å². The number of aromatic nitrogens is 1. The summed E-state index contributed by atoms with van der Waals surface area (Å²) in [4.78, 5) is 17.8. The number of aromatic amines is 1. The Morgan fingerprint density at radius 3 is 2.91 bits per heavy atom. The molecule has 1 saturated carbocycles. The van der Waals surface area contributed by atoms with Gasteiger partial charge in [0.25, 0.3) is 0 Å². The number of hydrogen-bond acceptors (Lipinski definition) is 1. The first-order valence-electron chi connectivity index (χ1n) is 8.60. The second kappa shape index (κ2) is 6.99. The third kappa shape index (κ3) is 3.70. The van der Waals surface area contributed by atoms with Crippen LogP contribution in [-0.4, -0.2) is 28.9 Å². The number of benzene rings is 1. The zero-order chi connectivity index (χ0) is 15.4. The van der Waals surface area contributed by atoms with Crippen molar-refractivity contribution in [2.75, 3.05) is 13.1 Å². The van der Waals surface area contributed by atoms with E-state index in [1.54, 1.807) is 0 Å². The molecule has 118 valence electrons. The second-order valence-corrected chi connectivity index (χ2v) is 6.50. The average molecular weight is 298 g/mol. The average Bonchev–Trinajstić information content (AvgIpc) is 3.26. The Labute approximate surface area is 132 Å². The fourth-order valence-electron chi connectivity index (χ4n) is 3.13. The fourth-order valence-corrected chi connectivity index (χ4v) is 3.13. The summed E-state index contributed by atoms with van der Waals surface area (Å²) in [6, 6.07) is 8.37. The van der Waals surface area contributed by atoms with E-state index in [-0.39, 0.29) is 0 Å². The standard InChI is InChI=1S/C19H26N2O/c1-2-12-21(14-15-10-11-15)19(22)9-5-6-16-13-20-18-8-4-3-7-17(16)18/h3-4,7-8,13,15,20H,2,5-6,9-12,14H2,1H3. The largest absolute Gasteiger partial charge is 0.361 e. The number of nitrogens with one attached hydrogen (secondary N) is 1. The van der Waals surface area contributed by atoms with Crippen molar-refractivity contribution < 1.29 is 4.79 Å². The van der Waals surface area contributed by atoms with Crippen molar-refractivity contribution in [1.82, 2.24) is 9.88 Å². The molecule has 1 N–H and O–H groups in total. The number of nitrogens with zero attached hydrogens (tertiary/aromatic N) is 1. The smallest absolute Gasteiger partial charge is 0.222 e. The Hall–Kier alpha value is -1.77. The summed E-state index contributed by atoms with van der Waals surface area (Å²) in [7, 11) is 0. The van der Waals surface area contributed by atoms with E-state index in [2.05, 4.69) is 41.2 Å². The first-order valence-corrected chi connectivity index (χ1v) is 8.60. The van der Waals surface area contributed by atoms with Gasteiger partial charge in [-0.3, -0.25) is 4.79 Å². The quantitative estimate of drug-likeness (QED) is 0.781. The highest BCUT2D eigenvalue weighted by Gasteiger charge is 2.26. The Balaban J connectivity index is 1.51. The Morgan fingerprint density at radius 1 is 1.32 bits per heavy atom. The number of carbonyl (C=O) groups is 1. The molecule has 0 spiro atoms. The highest BCUT2D eigenvalue weighted by Crippen LogP contribution is 2.30. The molecule has 1 aliphatic carbocycles. The highest BCUT2D eigenvalue weighted by atomic mass is 16.2. The predicted octanol–water partition coefficient (Wildman–Crippen LogP) is 4.14. The maximum absolute atomic E-state index is 12.4. The van der Waals surface area contributed by atoms with Gasteiger partial charge in [0.05, 0.1) is 0 Å². The minimum atomic E-state index is 0.341. The molecule has 1 aliphatic rings. The molecule has 1 fully saturated rings. The molecule has 0 saturated heterocycles. The minimum absolute atomic E-state index is 0.341. The molecule has 1 amide bonds. The highest BCUT2D eigenvalue weighted by molar-refractivity contribution is 5.83. The number of para-hydroxylation sites is 1. The van der Waals surface area contributed by atoms with E-state index in [1.165, 1.54) is 29.3 Å². The molecule has 3 rings (SSSR count). The van der Waals surface area contributed by atoms with Crippen molar-refractivity contribution in [1.29, 1.82) is 0 Å². The van der Waals surface area contributed by atoms with Crippen LogP contribution in [0.25, 0.3) is 10.9 Å². The van der Waals surface area contributed by atoms with Crippen LogP contribution in [0.15, 0.2) is 30.5 Å². The third-order valence-corrected chi connectivity index (χ3v) is 4.53.